The van der Waals surface area contributed by atoms with Gasteiger partial charge in [0, 0.05) is 69.8 Å². The van der Waals surface area contributed by atoms with Gasteiger partial charge in [0.2, 0.25) is 5.95 Å². The molecule has 54 heavy (non-hydrogen) atoms. The Labute approximate surface area is 312 Å². The van der Waals surface area contributed by atoms with Crippen LogP contribution in [0.3, 0.4) is 0 Å². The van der Waals surface area contributed by atoms with Gasteiger partial charge in [-0.3, -0.25) is 4.57 Å². The summed E-state index contributed by atoms with van der Waals surface area (Å²) in [5.41, 5.74) is 7.63. The standard InChI is InChI=1S/C48H27N5S/c1-2-13-28(14-3-1)44-34-18-7-10-22-38(34)51-48(52-44)53-39-25-24-29(27-36(39)32-20-12-26-49-47(32)53)45-42-31-16-5-4-15-30(31)41-35-19-8-11-23-40(35)54-46(41)43(42)33-17-6-9-21-37(33)50-45/h1-27H. The Morgan fingerprint density at radius 3 is 1.93 bits per heavy atom. The molecular formula is C48H27N5S. The van der Waals surface area contributed by atoms with Gasteiger partial charge in [0.05, 0.1) is 27.9 Å². The molecular weight excluding hydrogens is 679 g/mol. The maximum atomic E-state index is 5.47. The molecule has 0 spiro atoms. The van der Waals surface area contributed by atoms with Gasteiger partial charge in [0.1, 0.15) is 5.65 Å². The van der Waals surface area contributed by atoms with Gasteiger partial charge < -0.3 is 0 Å². The Morgan fingerprint density at radius 1 is 0.426 bits per heavy atom. The molecule has 0 saturated carbocycles. The second kappa shape index (κ2) is 11.2. The molecule has 0 amide bonds. The molecule has 0 saturated heterocycles. The molecule has 5 aromatic heterocycles. The first-order valence-corrected chi connectivity index (χ1v) is 18.9. The normalized spacial score (nSPS) is 12.1. The number of benzene rings is 7. The highest BCUT2D eigenvalue weighted by molar-refractivity contribution is 7.27. The Bertz CT molecular complexity index is 3510. The molecule has 0 N–H and O–H groups in total. The van der Waals surface area contributed by atoms with E-state index in [-0.39, 0.29) is 0 Å². The number of hydrogen-bond donors (Lipinski definition) is 0. The van der Waals surface area contributed by atoms with Crippen LogP contribution in [0.15, 0.2) is 164 Å². The minimum Gasteiger partial charge on any atom is -0.262 e. The quantitative estimate of drug-likeness (QED) is 0.172. The zero-order chi connectivity index (χ0) is 35.3. The van der Waals surface area contributed by atoms with Gasteiger partial charge in [0.15, 0.2) is 0 Å². The molecule has 5 nitrogen and oxygen atoms in total. The van der Waals surface area contributed by atoms with E-state index in [0.717, 1.165) is 60.9 Å². The molecule has 7 aromatic carbocycles. The van der Waals surface area contributed by atoms with Gasteiger partial charge in [-0.2, -0.15) is 0 Å². The Morgan fingerprint density at radius 2 is 1.09 bits per heavy atom. The largest absolute Gasteiger partial charge is 0.262 e. The van der Waals surface area contributed by atoms with Gasteiger partial charge in [-0.25, -0.2) is 19.9 Å². The number of aromatic nitrogens is 5. The van der Waals surface area contributed by atoms with Crippen molar-refractivity contribution in [3.63, 3.8) is 0 Å². The number of rotatable bonds is 3. The van der Waals surface area contributed by atoms with Gasteiger partial charge in [-0.05, 0) is 53.2 Å². The number of pyridine rings is 2. The van der Waals surface area contributed by atoms with Crippen molar-refractivity contribution in [3.8, 4) is 28.5 Å². The molecule has 250 valence electrons. The highest BCUT2D eigenvalue weighted by Gasteiger charge is 2.23. The molecule has 0 aliphatic heterocycles. The summed E-state index contributed by atoms with van der Waals surface area (Å²) < 4.78 is 4.70. The summed E-state index contributed by atoms with van der Waals surface area (Å²) in [6.45, 7) is 0. The summed E-state index contributed by atoms with van der Waals surface area (Å²) in [7, 11) is 0. The van der Waals surface area contributed by atoms with Crippen molar-refractivity contribution in [2.45, 2.75) is 0 Å². The molecule has 0 fully saturated rings. The minimum atomic E-state index is 0.589. The van der Waals surface area contributed by atoms with E-state index in [1.165, 1.54) is 47.1 Å². The minimum absolute atomic E-state index is 0.589. The van der Waals surface area contributed by atoms with Crippen LogP contribution < -0.4 is 0 Å². The predicted octanol–water partition coefficient (Wildman–Crippen LogP) is 12.7. The molecule has 0 radical (unpaired) electrons. The topological polar surface area (TPSA) is 56.5 Å². The van der Waals surface area contributed by atoms with Crippen molar-refractivity contribution in [1.29, 1.82) is 0 Å². The fourth-order valence-corrected chi connectivity index (χ4v) is 9.79. The first-order chi connectivity index (χ1) is 26.8. The number of para-hydroxylation sites is 2. The van der Waals surface area contributed by atoms with Crippen molar-refractivity contribution in [2.24, 2.45) is 0 Å². The van der Waals surface area contributed by atoms with Crippen LogP contribution in [0, 0.1) is 0 Å². The summed E-state index contributed by atoms with van der Waals surface area (Å²) in [4.78, 5) is 20.8. The Kier molecular flexibility index (Phi) is 6.15. The highest BCUT2D eigenvalue weighted by Crippen LogP contribution is 2.48. The van der Waals surface area contributed by atoms with Gasteiger partial charge in [0.25, 0.3) is 0 Å². The van der Waals surface area contributed by atoms with E-state index in [1.807, 2.05) is 41.8 Å². The number of fused-ring (bicyclic) bond motifs is 14. The molecule has 0 unspecified atom stereocenters. The molecule has 0 aliphatic rings. The van der Waals surface area contributed by atoms with Crippen molar-refractivity contribution in [1.82, 2.24) is 24.5 Å². The number of thiophene rings is 1. The smallest absolute Gasteiger partial charge is 0.237 e. The highest BCUT2D eigenvalue weighted by atomic mass is 32.1. The second-order valence-electron chi connectivity index (χ2n) is 13.8. The van der Waals surface area contributed by atoms with E-state index in [1.54, 1.807) is 0 Å². The SMILES string of the molecule is c1ccc(-c2nc(-n3c4ccc(-c5nc6ccccc6c6c7sc8ccccc8c7c7ccccc7c56)cc4c4cccnc43)nc3ccccc23)cc1. The predicted molar refractivity (Wildman–Crippen MR) is 226 cm³/mol. The van der Waals surface area contributed by atoms with E-state index < -0.39 is 0 Å². The zero-order valence-electron chi connectivity index (χ0n) is 28.7. The van der Waals surface area contributed by atoms with Crippen molar-refractivity contribution < 1.29 is 0 Å². The number of nitrogens with zero attached hydrogens (tertiary/aromatic N) is 5. The van der Waals surface area contributed by atoms with E-state index in [9.17, 15) is 0 Å². The lowest BCUT2D eigenvalue weighted by molar-refractivity contribution is 0.998. The second-order valence-corrected chi connectivity index (χ2v) is 14.8. The fraction of sp³-hybridized carbons (Fsp3) is 0. The Hall–Kier alpha value is -7.02. The van der Waals surface area contributed by atoms with E-state index >= 15 is 0 Å². The van der Waals surface area contributed by atoms with Crippen LogP contribution in [-0.2, 0) is 0 Å². The number of hydrogen-bond acceptors (Lipinski definition) is 5. The van der Waals surface area contributed by atoms with Gasteiger partial charge in [-0.15, -0.1) is 11.3 Å². The summed E-state index contributed by atoms with van der Waals surface area (Å²) in [5.74, 6) is 0.589. The lowest BCUT2D eigenvalue weighted by Gasteiger charge is -2.15. The summed E-state index contributed by atoms with van der Waals surface area (Å²) in [6.07, 6.45) is 1.85. The summed E-state index contributed by atoms with van der Waals surface area (Å²) >= 11 is 1.88. The van der Waals surface area contributed by atoms with Gasteiger partial charge in [-0.1, -0.05) is 115 Å². The first kappa shape index (κ1) is 29.5. The third kappa shape index (κ3) is 4.14. The van der Waals surface area contributed by atoms with Crippen LogP contribution >= 0.6 is 11.3 Å². The van der Waals surface area contributed by atoms with Gasteiger partial charge >= 0.3 is 0 Å². The molecule has 12 rings (SSSR count). The maximum Gasteiger partial charge on any atom is 0.237 e. The molecule has 6 heteroatoms. The molecule has 0 atom stereocenters. The zero-order valence-corrected chi connectivity index (χ0v) is 29.5. The molecule has 0 aliphatic carbocycles. The fourth-order valence-electron chi connectivity index (χ4n) is 8.50. The third-order valence-corrected chi connectivity index (χ3v) is 12.0. The maximum absolute atomic E-state index is 5.47. The van der Waals surface area contributed by atoms with Crippen LogP contribution in [0.4, 0.5) is 0 Å². The van der Waals surface area contributed by atoms with Crippen molar-refractivity contribution in [2.75, 3.05) is 0 Å². The monoisotopic (exact) mass is 705 g/mol. The lowest BCUT2D eigenvalue weighted by atomic mass is 9.92. The van der Waals surface area contributed by atoms with Crippen molar-refractivity contribution >= 4 is 96.8 Å². The average molecular weight is 706 g/mol. The first-order valence-electron chi connectivity index (χ1n) is 18.1. The molecule has 0 bridgehead atoms. The lowest BCUT2D eigenvalue weighted by Crippen LogP contribution is -2.04. The van der Waals surface area contributed by atoms with E-state index in [2.05, 4.69) is 138 Å². The van der Waals surface area contributed by atoms with Crippen molar-refractivity contribution in [3.05, 3.63) is 164 Å². The van der Waals surface area contributed by atoms with Crippen LogP contribution in [0.5, 0.6) is 0 Å². The third-order valence-electron chi connectivity index (χ3n) is 10.8. The molecule has 12 aromatic rings. The van der Waals surface area contributed by atoms with Crippen LogP contribution in [-0.4, -0.2) is 24.5 Å². The summed E-state index contributed by atoms with van der Waals surface area (Å²) in [6, 6.07) is 55.6. The van der Waals surface area contributed by atoms with Crippen LogP contribution in [0.2, 0.25) is 0 Å². The average Bonchev–Trinajstić information content (AvgIpc) is 3.79. The van der Waals surface area contributed by atoms with E-state index in [4.69, 9.17) is 19.9 Å². The van der Waals surface area contributed by atoms with Crippen LogP contribution in [0.25, 0.3) is 114 Å². The summed E-state index contributed by atoms with van der Waals surface area (Å²) in [5, 5.41) is 11.8. The Balaban J connectivity index is 1.18. The molecule has 5 heterocycles. The van der Waals surface area contributed by atoms with E-state index in [0.29, 0.717) is 5.95 Å². The van der Waals surface area contributed by atoms with Crippen LogP contribution in [0.1, 0.15) is 0 Å².